The molecule has 3 heterocycles. The SMILES string of the molecule is COc1nn(C)cc1C(=O)N1CCn2nc3c(c2C1)CCC3. The third-order valence-electron chi connectivity index (χ3n) is 4.52. The van der Waals surface area contributed by atoms with Crippen molar-refractivity contribution in [3.63, 3.8) is 0 Å². The summed E-state index contributed by atoms with van der Waals surface area (Å²) in [6.45, 7) is 2.06. The number of hydrogen-bond acceptors (Lipinski definition) is 4. The Balaban J connectivity index is 1.63. The molecule has 2 aromatic rings. The van der Waals surface area contributed by atoms with E-state index in [0.29, 0.717) is 24.5 Å². The van der Waals surface area contributed by atoms with Crippen LogP contribution in [0, 0.1) is 0 Å². The Hall–Kier alpha value is -2.31. The van der Waals surface area contributed by atoms with Crippen LogP contribution in [0.3, 0.4) is 0 Å². The van der Waals surface area contributed by atoms with Gasteiger partial charge in [-0.3, -0.25) is 14.2 Å². The van der Waals surface area contributed by atoms with Crippen molar-refractivity contribution in [3.05, 3.63) is 28.7 Å². The van der Waals surface area contributed by atoms with Crippen molar-refractivity contribution in [2.75, 3.05) is 13.7 Å². The van der Waals surface area contributed by atoms with E-state index in [0.717, 1.165) is 19.4 Å². The predicted octanol–water partition coefficient (Wildman–Crippen LogP) is 0.770. The van der Waals surface area contributed by atoms with Crippen LogP contribution in [-0.4, -0.2) is 44.0 Å². The summed E-state index contributed by atoms with van der Waals surface area (Å²) in [5.41, 5.74) is 4.31. The molecule has 0 saturated heterocycles. The summed E-state index contributed by atoms with van der Waals surface area (Å²) in [7, 11) is 3.33. The first-order valence-corrected chi connectivity index (χ1v) is 7.61. The maximum Gasteiger partial charge on any atom is 0.261 e. The summed E-state index contributed by atoms with van der Waals surface area (Å²) >= 11 is 0. The molecule has 4 rings (SSSR count). The summed E-state index contributed by atoms with van der Waals surface area (Å²) in [6.07, 6.45) is 5.05. The first kappa shape index (κ1) is 13.4. The standard InChI is InChI=1S/C15H19N5O2/c1-18-8-11(14(17-18)22-2)15(21)19-6-7-20-13(9-19)10-4-3-5-12(10)16-20/h8H,3-7,9H2,1-2H3. The highest BCUT2D eigenvalue weighted by Gasteiger charge is 2.30. The molecule has 2 aromatic heterocycles. The van der Waals surface area contributed by atoms with Crippen LogP contribution >= 0.6 is 0 Å². The zero-order valence-corrected chi connectivity index (χ0v) is 12.9. The molecule has 2 aliphatic rings. The lowest BCUT2D eigenvalue weighted by Gasteiger charge is -2.28. The van der Waals surface area contributed by atoms with E-state index in [-0.39, 0.29) is 5.91 Å². The molecule has 0 fully saturated rings. The number of fused-ring (bicyclic) bond motifs is 3. The van der Waals surface area contributed by atoms with Crippen molar-refractivity contribution in [3.8, 4) is 5.88 Å². The number of hydrogen-bond donors (Lipinski definition) is 0. The summed E-state index contributed by atoms with van der Waals surface area (Å²) < 4.78 is 8.90. The number of nitrogens with zero attached hydrogens (tertiary/aromatic N) is 5. The van der Waals surface area contributed by atoms with Crippen LogP contribution in [-0.2, 0) is 33.0 Å². The van der Waals surface area contributed by atoms with Gasteiger partial charge in [0.1, 0.15) is 5.56 Å². The van der Waals surface area contributed by atoms with Gasteiger partial charge in [0.25, 0.3) is 5.91 Å². The minimum absolute atomic E-state index is 0.0239. The second-order valence-corrected chi connectivity index (χ2v) is 5.90. The van der Waals surface area contributed by atoms with E-state index >= 15 is 0 Å². The highest BCUT2D eigenvalue weighted by molar-refractivity contribution is 5.96. The second-order valence-electron chi connectivity index (χ2n) is 5.90. The monoisotopic (exact) mass is 301 g/mol. The van der Waals surface area contributed by atoms with Gasteiger partial charge in [-0.15, -0.1) is 5.10 Å². The van der Waals surface area contributed by atoms with E-state index < -0.39 is 0 Å². The van der Waals surface area contributed by atoms with Gasteiger partial charge in [0.05, 0.1) is 31.6 Å². The highest BCUT2D eigenvalue weighted by Crippen LogP contribution is 2.29. The van der Waals surface area contributed by atoms with E-state index in [9.17, 15) is 4.79 Å². The normalized spacial score (nSPS) is 16.5. The lowest BCUT2D eigenvalue weighted by Crippen LogP contribution is -2.38. The summed E-state index contributed by atoms with van der Waals surface area (Å²) in [4.78, 5) is 14.7. The molecule has 0 N–H and O–H groups in total. The molecule has 22 heavy (non-hydrogen) atoms. The quantitative estimate of drug-likeness (QED) is 0.822. The molecule has 7 heteroatoms. The van der Waals surface area contributed by atoms with Crippen LogP contribution in [0.2, 0.25) is 0 Å². The fraction of sp³-hybridized carbons (Fsp3) is 0.533. The molecule has 1 amide bonds. The molecule has 7 nitrogen and oxygen atoms in total. The molecule has 1 aliphatic heterocycles. The summed E-state index contributed by atoms with van der Waals surface area (Å²) in [5, 5.41) is 8.84. The number of carbonyl (C=O) groups is 1. The molecule has 116 valence electrons. The minimum atomic E-state index is -0.0239. The van der Waals surface area contributed by atoms with Crippen molar-refractivity contribution in [2.24, 2.45) is 7.05 Å². The van der Waals surface area contributed by atoms with Crippen LogP contribution in [0.4, 0.5) is 0 Å². The van der Waals surface area contributed by atoms with Crippen molar-refractivity contribution in [2.45, 2.75) is 32.4 Å². The van der Waals surface area contributed by atoms with E-state index in [1.165, 1.54) is 30.5 Å². The number of carbonyl (C=O) groups excluding carboxylic acids is 1. The number of amides is 1. The minimum Gasteiger partial charge on any atom is -0.479 e. The third kappa shape index (κ3) is 1.92. The fourth-order valence-electron chi connectivity index (χ4n) is 3.46. The molecule has 0 atom stereocenters. The van der Waals surface area contributed by atoms with Gasteiger partial charge in [0, 0.05) is 19.8 Å². The predicted molar refractivity (Wildman–Crippen MR) is 78.8 cm³/mol. The Labute approximate surface area is 128 Å². The number of methoxy groups -OCH3 is 1. The first-order valence-electron chi connectivity index (χ1n) is 7.61. The Morgan fingerprint density at radius 1 is 1.27 bits per heavy atom. The van der Waals surface area contributed by atoms with Gasteiger partial charge < -0.3 is 9.64 Å². The van der Waals surface area contributed by atoms with E-state index in [1.807, 2.05) is 4.90 Å². The first-order chi connectivity index (χ1) is 10.7. The average molecular weight is 301 g/mol. The maximum atomic E-state index is 12.8. The number of aryl methyl sites for hydroxylation is 2. The van der Waals surface area contributed by atoms with E-state index in [4.69, 9.17) is 4.74 Å². The molecule has 0 saturated carbocycles. The highest BCUT2D eigenvalue weighted by atomic mass is 16.5. The molecular formula is C15H19N5O2. The lowest BCUT2D eigenvalue weighted by atomic mass is 10.1. The van der Waals surface area contributed by atoms with Crippen LogP contribution in [0.15, 0.2) is 6.20 Å². The summed E-state index contributed by atoms with van der Waals surface area (Å²) in [5.74, 6) is 0.362. The number of ether oxygens (including phenoxy) is 1. The number of rotatable bonds is 2. The smallest absolute Gasteiger partial charge is 0.261 e. The van der Waals surface area contributed by atoms with Crippen LogP contribution < -0.4 is 4.74 Å². The molecule has 0 spiro atoms. The maximum absolute atomic E-state index is 12.8. The lowest BCUT2D eigenvalue weighted by molar-refractivity contribution is 0.0702. The van der Waals surface area contributed by atoms with Crippen LogP contribution in [0.1, 0.15) is 33.7 Å². The van der Waals surface area contributed by atoms with Gasteiger partial charge in [0.15, 0.2) is 0 Å². The van der Waals surface area contributed by atoms with Gasteiger partial charge in [-0.1, -0.05) is 0 Å². The van der Waals surface area contributed by atoms with E-state index in [1.54, 1.807) is 17.9 Å². The van der Waals surface area contributed by atoms with Crippen molar-refractivity contribution < 1.29 is 9.53 Å². The van der Waals surface area contributed by atoms with Crippen molar-refractivity contribution >= 4 is 5.91 Å². The van der Waals surface area contributed by atoms with Gasteiger partial charge in [-0.25, -0.2) is 0 Å². The summed E-state index contributed by atoms with van der Waals surface area (Å²) in [6, 6.07) is 0. The number of aromatic nitrogens is 4. The van der Waals surface area contributed by atoms with E-state index in [2.05, 4.69) is 14.9 Å². The second kappa shape index (κ2) is 4.86. The Morgan fingerprint density at radius 2 is 2.14 bits per heavy atom. The Bertz CT molecular complexity index is 745. The molecule has 0 unspecified atom stereocenters. The van der Waals surface area contributed by atoms with Gasteiger partial charge >= 0.3 is 0 Å². The van der Waals surface area contributed by atoms with Gasteiger partial charge in [-0.2, -0.15) is 5.10 Å². The van der Waals surface area contributed by atoms with Crippen LogP contribution in [0.5, 0.6) is 5.88 Å². The largest absolute Gasteiger partial charge is 0.479 e. The van der Waals surface area contributed by atoms with Crippen molar-refractivity contribution in [1.29, 1.82) is 0 Å². The molecular weight excluding hydrogens is 282 g/mol. The van der Waals surface area contributed by atoms with Crippen molar-refractivity contribution in [1.82, 2.24) is 24.5 Å². The Kier molecular flexibility index (Phi) is 2.95. The average Bonchev–Trinajstić information content (AvgIpc) is 3.19. The Morgan fingerprint density at radius 3 is 2.95 bits per heavy atom. The van der Waals surface area contributed by atoms with Gasteiger partial charge in [-0.05, 0) is 24.8 Å². The fourth-order valence-corrected chi connectivity index (χ4v) is 3.46. The van der Waals surface area contributed by atoms with Crippen LogP contribution in [0.25, 0.3) is 0 Å². The topological polar surface area (TPSA) is 65.2 Å². The zero-order chi connectivity index (χ0) is 15.3. The zero-order valence-electron chi connectivity index (χ0n) is 12.9. The molecule has 0 aromatic carbocycles. The third-order valence-corrected chi connectivity index (χ3v) is 4.52. The molecule has 1 aliphatic carbocycles. The van der Waals surface area contributed by atoms with Gasteiger partial charge in [0.2, 0.25) is 5.88 Å². The molecule has 0 radical (unpaired) electrons. The molecule has 0 bridgehead atoms.